The number of benzene rings is 3. The summed E-state index contributed by atoms with van der Waals surface area (Å²) < 4.78 is 18.9. The van der Waals surface area contributed by atoms with Crippen LogP contribution in [0.4, 0.5) is 5.69 Å². The van der Waals surface area contributed by atoms with E-state index in [4.69, 9.17) is 14.2 Å². The van der Waals surface area contributed by atoms with Crippen molar-refractivity contribution in [3.8, 4) is 22.9 Å². The minimum absolute atomic E-state index is 0.152. The molecule has 0 aliphatic heterocycles. The SMILES string of the molecule is CCOc1ccccc1NC(=O)CSc1nnc(C(C)Oc2ccc(OC)cc2)n1-c1ccccc1. The summed E-state index contributed by atoms with van der Waals surface area (Å²) in [6.07, 6.45) is -0.396. The molecule has 1 aromatic heterocycles. The average molecular weight is 505 g/mol. The first-order valence-corrected chi connectivity index (χ1v) is 12.5. The fourth-order valence-corrected chi connectivity index (χ4v) is 4.30. The van der Waals surface area contributed by atoms with Crippen LogP contribution in [0.1, 0.15) is 25.8 Å². The molecule has 0 bridgehead atoms. The fourth-order valence-electron chi connectivity index (χ4n) is 3.54. The summed E-state index contributed by atoms with van der Waals surface area (Å²) in [7, 11) is 1.62. The summed E-state index contributed by atoms with van der Waals surface area (Å²) >= 11 is 1.30. The predicted octanol–water partition coefficient (Wildman–Crippen LogP) is 5.55. The summed E-state index contributed by atoms with van der Waals surface area (Å²) in [5.74, 6) is 2.69. The van der Waals surface area contributed by atoms with Gasteiger partial charge in [0.05, 0.1) is 25.2 Å². The molecule has 1 unspecified atom stereocenters. The summed E-state index contributed by atoms with van der Waals surface area (Å²) in [5, 5.41) is 12.3. The van der Waals surface area contributed by atoms with Gasteiger partial charge in [-0.25, -0.2) is 0 Å². The van der Waals surface area contributed by atoms with Crippen molar-refractivity contribution >= 4 is 23.4 Å². The van der Waals surface area contributed by atoms with Crippen molar-refractivity contribution in [2.75, 3.05) is 24.8 Å². The van der Waals surface area contributed by atoms with E-state index in [0.717, 1.165) is 11.4 Å². The first-order valence-electron chi connectivity index (χ1n) is 11.5. The molecule has 36 heavy (non-hydrogen) atoms. The number of carbonyl (C=O) groups excluding carboxylic acids is 1. The Balaban J connectivity index is 1.51. The molecule has 3 aromatic carbocycles. The molecule has 8 nitrogen and oxygen atoms in total. The van der Waals surface area contributed by atoms with Gasteiger partial charge in [-0.1, -0.05) is 42.1 Å². The lowest BCUT2D eigenvalue weighted by atomic mass is 10.3. The molecule has 186 valence electrons. The Morgan fingerprint density at radius 1 is 0.972 bits per heavy atom. The van der Waals surface area contributed by atoms with Gasteiger partial charge in [-0.15, -0.1) is 10.2 Å². The minimum Gasteiger partial charge on any atom is -0.497 e. The lowest BCUT2D eigenvalue weighted by Gasteiger charge is -2.17. The molecule has 4 aromatic rings. The van der Waals surface area contributed by atoms with Gasteiger partial charge in [-0.3, -0.25) is 9.36 Å². The molecular weight excluding hydrogens is 476 g/mol. The summed E-state index contributed by atoms with van der Waals surface area (Å²) in [6, 6.07) is 24.5. The number of ether oxygens (including phenoxy) is 3. The fraction of sp³-hybridized carbons (Fsp3) is 0.222. The van der Waals surface area contributed by atoms with Crippen molar-refractivity contribution in [1.29, 1.82) is 0 Å². The maximum absolute atomic E-state index is 12.7. The highest BCUT2D eigenvalue weighted by Crippen LogP contribution is 2.29. The summed E-state index contributed by atoms with van der Waals surface area (Å²) in [5.41, 5.74) is 1.52. The van der Waals surface area contributed by atoms with Crippen LogP contribution in [0.2, 0.25) is 0 Å². The molecule has 0 aliphatic rings. The number of rotatable bonds is 11. The Morgan fingerprint density at radius 3 is 2.39 bits per heavy atom. The maximum Gasteiger partial charge on any atom is 0.234 e. The largest absolute Gasteiger partial charge is 0.497 e. The Labute approximate surface area is 214 Å². The van der Waals surface area contributed by atoms with E-state index in [-0.39, 0.29) is 11.7 Å². The molecular formula is C27H28N4O4S. The highest BCUT2D eigenvalue weighted by atomic mass is 32.2. The van der Waals surface area contributed by atoms with Gasteiger partial charge in [0.15, 0.2) is 17.1 Å². The summed E-state index contributed by atoms with van der Waals surface area (Å²) in [6.45, 7) is 4.34. The Hall–Kier alpha value is -3.98. The molecule has 1 heterocycles. The molecule has 0 aliphatic carbocycles. The standard InChI is InChI=1S/C27H28N4O4S/c1-4-34-24-13-9-8-12-23(24)28-25(32)18-36-27-30-29-26(31(27)20-10-6-5-7-11-20)19(2)35-22-16-14-21(33-3)15-17-22/h5-17,19H,4,18H2,1-3H3,(H,28,32). The van der Waals surface area contributed by atoms with Crippen molar-refractivity contribution in [2.45, 2.75) is 25.1 Å². The number of thioether (sulfide) groups is 1. The first-order chi connectivity index (χ1) is 17.6. The van der Waals surface area contributed by atoms with Crippen molar-refractivity contribution in [3.05, 3.63) is 84.7 Å². The van der Waals surface area contributed by atoms with Crippen LogP contribution in [-0.4, -0.2) is 40.1 Å². The highest BCUT2D eigenvalue weighted by Gasteiger charge is 2.22. The molecule has 1 amide bonds. The van der Waals surface area contributed by atoms with E-state index in [0.29, 0.717) is 34.8 Å². The number of nitrogens with zero attached hydrogens (tertiary/aromatic N) is 3. The van der Waals surface area contributed by atoms with Crippen molar-refractivity contribution in [2.24, 2.45) is 0 Å². The highest BCUT2D eigenvalue weighted by molar-refractivity contribution is 7.99. The van der Waals surface area contributed by atoms with Crippen molar-refractivity contribution in [1.82, 2.24) is 14.8 Å². The van der Waals surface area contributed by atoms with E-state index in [1.807, 2.05) is 97.3 Å². The minimum atomic E-state index is -0.396. The third-order valence-electron chi connectivity index (χ3n) is 5.20. The number of hydrogen-bond donors (Lipinski definition) is 1. The van der Waals surface area contributed by atoms with Crippen LogP contribution in [-0.2, 0) is 4.79 Å². The second-order valence-electron chi connectivity index (χ2n) is 7.71. The number of aromatic nitrogens is 3. The summed E-state index contributed by atoms with van der Waals surface area (Å²) in [4.78, 5) is 12.7. The zero-order valence-corrected chi connectivity index (χ0v) is 21.2. The molecule has 9 heteroatoms. The van der Waals surface area contributed by atoms with Crippen LogP contribution < -0.4 is 19.5 Å². The number of anilines is 1. The number of carbonyl (C=O) groups is 1. The Morgan fingerprint density at radius 2 is 1.67 bits per heavy atom. The van der Waals surface area contributed by atoms with Crippen molar-refractivity contribution in [3.63, 3.8) is 0 Å². The second-order valence-corrected chi connectivity index (χ2v) is 8.66. The van der Waals surface area contributed by atoms with Gasteiger partial charge in [0, 0.05) is 5.69 Å². The lowest BCUT2D eigenvalue weighted by molar-refractivity contribution is -0.113. The van der Waals surface area contributed by atoms with Gasteiger partial charge in [-0.05, 0) is 62.4 Å². The van der Waals surface area contributed by atoms with E-state index in [2.05, 4.69) is 15.5 Å². The van der Waals surface area contributed by atoms with Gasteiger partial charge < -0.3 is 19.5 Å². The first kappa shape index (κ1) is 25.1. The predicted molar refractivity (Wildman–Crippen MR) is 140 cm³/mol. The average Bonchev–Trinajstić information content (AvgIpc) is 3.34. The molecule has 0 saturated carbocycles. The maximum atomic E-state index is 12.7. The van der Waals surface area contributed by atoms with Gasteiger partial charge in [-0.2, -0.15) is 0 Å². The topological polar surface area (TPSA) is 87.5 Å². The van der Waals surface area contributed by atoms with E-state index in [1.165, 1.54) is 11.8 Å². The van der Waals surface area contributed by atoms with Crippen LogP contribution in [0.3, 0.4) is 0 Å². The number of para-hydroxylation sites is 3. The van der Waals surface area contributed by atoms with E-state index >= 15 is 0 Å². The second kappa shape index (κ2) is 12.1. The van der Waals surface area contributed by atoms with Gasteiger partial charge in [0.25, 0.3) is 0 Å². The smallest absolute Gasteiger partial charge is 0.234 e. The van der Waals surface area contributed by atoms with E-state index in [1.54, 1.807) is 7.11 Å². The zero-order valence-electron chi connectivity index (χ0n) is 20.4. The number of methoxy groups -OCH3 is 1. The van der Waals surface area contributed by atoms with E-state index < -0.39 is 6.10 Å². The van der Waals surface area contributed by atoms with Gasteiger partial charge >= 0.3 is 0 Å². The normalized spacial score (nSPS) is 11.5. The molecule has 1 atom stereocenters. The molecule has 0 fully saturated rings. The van der Waals surface area contributed by atoms with Crippen LogP contribution in [0.5, 0.6) is 17.2 Å². The molecule has 0 spiro atoms. The van der Waals surface area contributed by atoms with Crippen LogP contribution in [0, 0.1) is 0 Å². The molecule has 1 N–H and O–H groups in total. The quantitative estimate of drug-likeness (QED) is 0.268. The number of amides is 1. The third kappa shape index (κ3) is 6.17. The van der Waals surface area contributed by atoms with Crippen molar-refractivity contribution < 1.29 is 19.0 Å². The third-order valence-corrected chi connectivity index (χ3v) is 6.13. The Bertz CT molecular complexity index is 1280. The van der Waals surface area contributed by atoms with Crippen LogP contribution in [0.15, 0.2) is 84.0 Å². The lowest BCUT2D eigenvalue weighted by Crippen LogP contribution is -2.16. The van der Waals surface area contributed by atoms with Gasteiger partial charge in [0.1, 0.15) is 17.2 Å². The molecule has 4 rings (SSSR count). The van der Waals surface area contributed by atoms with E-state index in [9.17, 15) is 4.79 Å². The molecule has 0 saturated heterocycles. The van der Waals surface area contributed by atoms with Gasteiger partial charge in [0.2, 0.25) is 5.91 Å². The monoisotopic (exact) mass is 504 g/mol. The number of hydrogen-bond acceptors (Lipinski definition) is 7. The zero-order chi connectivity index (χ0) is 25.3. The molecule has 0 radical (unpaired) electrons. The Kier molecular flexibility index (Phi) is 8.46. The number of nitrogens with one attached hydrogen (secondary N) is 1. The van der Waals surface area contributed by atoms with Crippen LogP contribution >= 0.6 is 11.8 Å². The van der Waals surface area contributed by atoms with Crippen LogP contribution in [0.25, 0.3) is 5.69 Å².